The number of hydrogen-bond acceptors (Lipinski definition) is 6. The average molecular weight is 522 g/mol. The second-order valence-electron chi connectivity index (χ2n) is 9.78. The summed E-state index contributed by atoms with van der Waals surface area (Å²) in [5.74, 6) is -1.65. The zero-order valence-electron chi connectivity index (χ0n) is 20.8. The van der Waals surface area contributed by atoms with E-state index in [0.717, 1.165) is 9.87 Å². The fourth-order valence-electron chi connectivity index (χ4n) is 4.24. The summed E-state index contributed by atoms with van der Waals surface area (Å²) in [6.07, 6.45) is 0.229. The molecule has 1 aliphatic heterocycles. The van der Waals surface area contributed by atoms with Crippen molar-refractivity contribution in [1.82, 2.24) is 14.7 Å². The fourth-order valence-corrected chi connectivity index (χ4v) is 5.62. The minimum atomic E-state index is -4.11. The quantitative estimate of drug-likeness (QED) is 0.443. The SMILES string of the molecule is CN(C(C(=O)NO)C1CCN(C(=O)OC(C)(C)C)CC1)S(=O)(=O)c1ccc(-c2ccc(F)cc2)cc1. The van der Waals surface area contributed by atoms with Crippen LogP contribution in [0.4, 0.5) is 9.18 Å². The molecule has 3 rings (SSSR count). The van der Waals surface area contributed by atoms with E-state index in [1.807, 2.05) is 0 Å². The van der Waals surface area contributed by atoms with Crippen molar-refractivity contribution in [2.75, 3.05) is 20.1 Å². The number of amides is 2. The third-order valence-corrected chi connectivity index (χ3v) is 7.97. The van der Waals surface area contributed by atoms with Crippen molar-refractivity contribution in [2.24, 2.45) is 5.92 Å². The summed E-state index contributed by atoms with van der Waals surface area (Å²) in [5, 5.41) is 9.34. The standard InChI is InChI=1S/C25H32FN3O6S/c1-25(2,3)35-24(31)29-15-13-19(14-16-29)22(23(30)27-32)28(4)36(33,34)21-11-7-18(8-12-21)17-5-9-20(26)10-6-17/h5-12,19,22,32H,13-16H2,1-4H3,(H,27,30). The second kappa shape index (κ2) is 10.9. The largest absolute Gasteiger partial charge is 0.444 e. The molecule has 2 amide bonds. The number of carbonyl (C=O) groups excluding carboxylic acids is 2. The Morgan fingerprint density at radius 2 is 1.56 bits per heavy atom. The van der Waals surface area contributed by atoms with E-state index in [0.29, 0.717) is 18.4 Å². The van der Waals surface area contributed by atoms with Gasteiger partial charge in [-0.25, -0.2) is 23.1 Å². The van der Waals surface area contributed by atoms with Gasteiger partial charge in [0, 0.05) is 20.1 Å². The molecule has 1 fully saturated rings. The molecule has 2 aromatic carbocycles. The zero-order valence-corrected chi connectivity index (χ0v) is 21.6. The maximum absolute atomic E-state index is 13.4. The number of nitrogens with zero attached hydrogens (tertiary/aromatic N) is 2. The number of ether oxygens (including phenoxy) is 1. The normalized spacial score (nSPS) is 16.0. The van der Waals surface area contributed by atoms with Crippen LogP contribution in [-0.2, 0) is 19.6 Å². The molecule has 1 unspecified atom stereocenters. The second-order valence-corrected chi connectivity index (χ2v) is 11.8. The van der Waals surface area contributed by atoms with Crippen LogP contribution < -0.4 is 5.48 Å². The Bertz CT molecular complexity index is 1170. The summed E-state index contributed by atoms with van der Waals surface area (Å²) in [6.45, 7) is 5.88. The molecule has 2 N–H and O–H groups in total. The Labute approximate surface area is 210 Å². The van der Waals surface area contributed by atoms with Crippen molar-refractivity contribution < 1.29 is 32.3 Å². The average Bonchev–Trinajstić information content (AvgIpc) is 2.84. The lowest BCUT2D eigenvalue weighted by Crippen LogP contribution is -2.54. The van der Waals surface area contributed by atoms with E-state index in [4.69, 9.17) is 4.74 Å². The smallest absolute Gasteiger partial charge is 0.410 e. The first-order valence-corrected chi connectivity index (χ1v) is 13.0. The molecule has 0 bridgehead atoms. The predicted octanol–water partition coefficient (Wildman–Crippen LogP) is 3.63. The molecule has 0 aliphatic carbocycles. The van der Waals surface area contributed by atoms with Crippen molar-refractivity contribution in [3.63, 3.8) is 0 Å². The lowest BCUT2D eigenvalue weighted by molar-refractivity contribution is -0.135. The van der Waals surface area contributed by atoms with E-state index in [9.17, 15) is 27.6 Å². The Hall–Kier alpha value is -3.02. The lowest BCUT2D eigenvalue weighted by Gasteiger charge is -2.38. The van der Waals surface area contributed by atoms with Crippen LogP contribution in [-0.4, -0.2) is 66.6 Å². The minimum absolute atomic E-state index is 0.0298. The molecule has 0 saturated carbocycles. The van der Waals surface area contributed by atoms with Gasteiger partial charge in [0.15, 0.2) is 0 Å². The number of benzene rings is 2. The zero-order chi connectivity index (χ0) is 26.7. The maximum Gasteiger partial charge on any atom is 0.410 e. The first-order chi connectivity index (χ1) is 16.8. The van der Waals surface area contributed by atoms with Crippen molar-refractivity contribution in [3.05, 3.63) is 54.3 Å². The molecule has 2 aromatic rings. The van der Waals surface area contributed by atoms with Crippen molar-refractivity contribution >= 4 is 22.0 Å². The van der Waals surface area contributed by atoms with Crippen molar-refractivity contribution in [3.8, 4) is 11.1 Å². The van der Waals surface area contributed by atoms with Crippen LogP contribution in [0.5, 0.6) is 0 Å². The number of piperidine rings is 1. The molecule has 1 heterocycles. The van der Waals surface area contributed by atoms with Crippen LogP contribution >= 0.6 is 0 Å². The number of likely N-dealkylation sites (N-methyl/N-ethyl adjacent to an activating group) is 1. The molecule has 1 saturated heterocycles. The molecule has 9 nitrogen and oxygen atoms in total. The Morgan fingerprint density at radius 1 is 1.06 bits per heavy atom. The van der Waals surface area contributed by atoms with E-state index in [1.165, 1.54) is 36.2 Å². The minimum Gasteiger partial charge on any atom is -0.444 e. The fraction of sp³-hybridized carbons (Fsp3) is 0.440. The molecular weight excluding hydrogens is 489 g/mol. The summed E-state index contributed by atoms with van der Waals surface area (Å²) in [4.78, 5) is 26.5. The van der Waals surface area contributed by atoms with E-state index >= 15 is 0 Å². The van der Waals surface area contributed by atoms with E-state index in [2.05, 4.69) is 0 Å². The van der Waals surface area contributed by atoms with Gasteiger partial charge in [-0.2, -0.15) is 4.31 Å². The number of halogens is 1. The van der Waals surface area contributed by atoms with Gasteiger partial charge in [-0.15, -0.1) is 0 Å². The molecule has 36 heavy (non-hydrogen) atoms. The molecule has 0 aromatic heterocycles. The van der Waals surface area contributed by atoms with Crippen LogP contribution in [0.1, 0.15) is 33.6 Å². The van der Waals surface area contributed by atoms with Gasteiger partial charge in [0.1, 0.15) is 17.5 Å². The summed E-state index contributed by atoms with van der Waals surface area (Å²) in [5.41, 5.74) is 2.37. The third kappa shape index (κ3) is 6.40. The number of rotatable bonds is 6. The van der Waals surface area contributed by atoms with Crippen LogP contribution in [0.15, 0.2) is 53.4 Å². The van der Waals surface area contributed by atoms with Gasteiger partial charge in [-0.05, 0) is 74.9 Å². The van der Waals surface area contributed by atoms with Crippen molar-refractivity contribution in [2.45, 2.75) is 50.2 Å². The molecule has 0 radical (unpaired) electrons. The Kier molecular flexibility index (Phi) is 8.37. The molecule has 1 atom stereocenters. The molecular formula is C25H32FN3O6S. The monoisotopic (exact) mass is 521 g/mol. The molecule has 11 heteroatoms. The van der Waals surface area contributed by atoms with E-state index in [1.54, 1.807) is 50.5 Å². The highest BCUT2D eigenvalue weighted by Gasteiger charge is 2.40. The number of hydroxylamine groups is 1. The summed E-state index contributed by atoms with van der Waals surface area (Å²) < 4.78 is 46.3. The Balaban J connectivity index is 1.77. The van der Waals surface area contributed by atoms with Crippen molar-refractivity contribution in [1.29, 1.82) is 0 Å². The predicted molar refractivity (Wildman–Crippen MR) is 131 cm³/mol. The highest BCUT2D eigenvalue weighted by Crippen LogP contribution is 2.29. The Morgan fingerprint density at radius 3 is 2.03 bits per heavy atom. The number of sulfonamides is 1. The van der Waals surface area contributed by atoms with E-state index in [-0.39, 0.29) is 23.8 Å². The highest BCUT2D eigenvalue weighted by atomic mass is 32.2. The van der Waals surface area contributed by atoms with Gasteiger partial charge in [0.25, 0.3) is 5.91 Å². The molecule has 196 valence electrons. The highest BCUT2D eigenvalue weighted by molar-refractivity contribution is 7.89. The number of nitrogens with one attached hydrogen (secondary N) is 1. The summed E-state index contributed by atoms with van der Waals surface area (Å²) in [6, 6.07) is 10.7. The van der Waals surface area contributed by atoms with Crippen LogP contribution in [0.3, 0.4) is 0 Å². The first kappa shape index (κ1) is 27.6. The maximum atomic E-state index is 13.4. The van der Waals surface area contributed by atoms with Gasteiger partial charge < -0.3 is 9.64 Å². The van der Waals surface area contributed by atoms with Gasteiger partial charge in [0.05, 0.1) is 4.90 Å². The van der Waals surface area contributed by atoms with Crippen LogP contribution in [0.2, 0.25) is 0 Å². The van der Waals surface area contributed by atoms with Crippen LogP contribution in [0.25, 0.3) is 11.1 Å². The number of carbonyl (C=O) groups is 2. The van der Waals surface area contributed by atoms with Gasteiger partial charge in [0.2, 0.25) is 10.0 Å². The van der Waals surface area contributed by atoms with Gasteiger partial charge >= 0.3 is 6.09 Å². The van der Waals surface area contributed by atoms with E-state index < -0.39 is 39.6 Å². The summed E-state index contributed by atoms with van der Waals surface area (Å²) in [7, 11) is -2.81. The lowest BCUT2D eigenvalue weighted by atomic mass is 9.89. The van der Waals surface area contributed by atoms with Crippen LogP contribution in [0, 0.1) is 11.7 Å². The first-order valence-electron chi connectivity index (χ1n) is 11.6. The number of likely N-dealkylation sites (tertiary alicyclic amines) is 1. The topological polar surface area (TPSA) is 116 Å². The van der Waals surface area contributed by atoms with Gasteiger partial charge in [-0.1, -0.05) is 24.3 Å². The van der Waals surface area contributed by atoms with Gasteiger partial charge in [-0.3, -0.25) is 10.0 Å². The summed E-state index contributed by atoms with van der Waals surface area (Å²) >= 11 is 0. The number of hydrogen-bond donors (Lipinski definition) is 2. The molecule has 0 spiro atoms. The third-order valence-electron chi connectivity index (χ3n) is 6.12. The molecule has 1 aliphatic rings.